The van der Waals surface area contributed by atoms with Gasteiger partial charge in [0.1, 0.15) is 5.75 Å². The third kappa shape index (κ3) is 3.31. The first-order chi connectivity index (χ1) is 9.63. The van der Waals surface area contributed by atoms with Crippen molar-refractivity contribution in [3.05, 3.63) is 23.8 Å². The zero-order chi connectivity index (χ0) is 14.5. The molecular formula is C16H20N2O2. The van der Waals surface area contributed by atoms with Gasteiger partial charge in [-0.1, -0.05) is 25.3 Å². The van der Waals surface area contributed by atoms with Gasteiger partial charge < -0.3 is 10.1 Å². The Balaban J connectivity index is 2.11. The Morgan fingerprint density at radius 3 is 3.05 bits per heavy atom. The fourth-order valence-corrected chi connectivity index (χ4v) is 2.27. The lowest BCUT2D eigenvalue weighted by Gasteiger charge is -2.22. The molecule has 0 saturated heterocycles. The van der Waals surface area contributed by atoms with E-state index < -0.39 is 0 Å². The van der Waals surface area contributed by atoms with Crippen molar-refractivity contribution in [1.82, 2.24) is 5.32 Å². The molecule has 1 aliphatic heterocycles. The number of carbonyl (C=O) groups is 1. The van der Waals surface area contributed by atoms with E-state index in [0.717, 1.165) is 24.1 Å². The fraction of sp³-hybridized carbons (Fsp3) is 0.438. The topological polar surface area (TPSA) is 50.4 Å². The van der Waals surface area contributed by atoms with Gasteiger partial charge in [0.15, 0.2) is 6.61 Å². The standard InChI is InChI=1S/C16H20N2O2/c1-4-6-13(5-2)17-11(3)12-7-8-15-14(9-12)18-16(19)10-20-15/h2,7-9,11,13,17H,4,6,10H2,1,3H3,(H,18,19). The van der Waals surface area contributed by atoms with E-state index in [9.17, 15) is 4.79 Å². The summed E-state index contributed by atoms with van der Waals surface area (Å²) in [4.78, 5) is 11.3. The highest BCUT2D eigenvalue weighted by Crippen LogP contribution is 2.30. The molecule has 0 aliphatic carbocycles. The lowest BCUT2D eigenvalue weighted by atomic mass is 10.0. The van der Waals surface area contributed by atoms with Crippen LogP contribution in [0.3, 0.4) is 0 Å². The largest absolute Gasteiger partial charge is 0.482 e. The number of nitrogens with one attached hydrogen (secondary N) is 2. The Bertz CT molecular complexity index is 534. The number of anilines is 1. The molecule has 2 atom stereocenters. The smallest absolute Gasteiger partial charge is 0.262 e. The number of amides is 1. The van der Waals surface area contributed by atoms with Gasteiger partial charge in [-0.3, -0.25) is 10.1 Å². The first-order valence-electron chi connectivity index (χ1n) is 6.92. The molecule has 4 nitrogen and oxygen atoms in total. The summed E-state index contributed by atoms with van der Waals surface area (Å²) in [5.74, 6) is 3.36. The monoisotopic (exact) mass is 272 g/mol. The van der Waals surface area contributed by atoms with E-state index in [0.29, 0.717) is 5.75 Å². The van der Waals surface area contributed by atoms with Crippen molar-refractivity contribution in [3.8, 4) is 18.1 Å². The molecular weight excluding hydrogens is 252 g/mol. The molecule has 1 aromatic rings. The second-order valence-corrected chi connectivity index (χ2v) is 4.99. The van der Waals surface area contributed by atoms with Gasteiger partial charge in [0.2, 0.25) is 0 Å². The summed E-state index contributed by atoms with van der Waals surface area (Å²) in [5.41, 5.74) is 1.80. The number of terminal acetylenes is 1. The van der Waals surface area contributed by atoms with Crippen LogP contribution in [0.5, 0.6) is 5.75 Å². The van der Waals surface area contributed by atoms with E-state index in [1.807, 2.05) is 18.2 Å². The van der Waals surface area contributed by atoms with E-state index in [1.165, 1.54) is 0 Å². The summed E-state index contributed by atoms with van der Waals surface area (Å²) in [6, 6.07) is 5.99. The van der Waals surface area contributed by atoms with Crippen LogP contribution in [0.4, 0.5) is 5.69 Å². The van der Waals surface area contributed by atoms with Gasteiger partial charge in [0.25, 0.3) is 5.91 Å². The van der Waals surface area contributed by atoms with Crippen LogP contribution >= 0.6 is 0 Å². The summed E-state index contributed by atoms with van der Waals surface area (Å²) in [5, 5.41) is 6.23. The van der Waals surface area contributed by atoms with Crippen LogP contribution in [-0.4, -0.2) is 18.6 Å². The first-order valence-corrected chi connectivity index (χ1v) is 6.92. The summed E-state index contributed by atoms with van der Waals surface area (Å²) in [7, 11) is 0. The van der Waals surface area contributed by atoms with Gasteiger partial charge in [-0.05, 0) is 31.0 Å². The van der Waals surface area contributed by atoms with Crippen LogP contribution in [-0.2, 0) is 4.79 Å². The second kappa shape index (κ2) is 6.44. The third-order valence-corrected chi connectivity index (χ3v) is 3.37. The van der Waals surface area contributed by atoms with Gasteiger partial charge >= 0.3 is 0 Å². The van der Waals surface area contributed by atoms with Crippen molar-refractivity contribution in [2.45, 2.75) is 38.8 Å². The molecule has 2 unspecified atom stereocenters. The average molecular weight is 272 g/mol. The van der Waals surface area contributed by atoms with Crippen LogP contribution in [0.15, 0.2) is 18.2 Å². The van der Waals surface area contributed by atoms with Gasteiger partial charge in [-0.2, -0.15) is 0 Å². The van der Waals surface area contributed by atoms with Crippen LogP contribution < -0.4 is 15.4 Å². The van der Waals surface area contributed by atoms with E-state index in [2.05, 4.69) is 30.4 Å². The van der Waals surface area contributed by atoms with E-state index in [4.69, 9.17) is 11.2 Å². The summed E-state index contributed by atoms with van der Waals surface area (Å²) >= 11 is 0. The fourth-order valence-electron chi connectivity index (χ4n) is 2.27. The zero-order valence-corrected chi connectivity index (χ0v) is 11.9. The first kappa shape index (κ1) is 14.4. The molecule has 1 aliphatic rings. The van der Waals surface area contributed by atoms with E-state index in [-0.39, 0.29) is 24.6 Å². The van der Waals surface area contributed by atoms with Gasteiger partial charge in [0, 0.05) is 6.04 Å². The molecule has 0 fully saturated rings. The third-order valence-electron chi connectivity index (χ3n) is 3.37. The molecule has 0 spiro atoms. The Kier molecular flexibility index (Phi) is 4.65. The van der Waals surface area contributed by atoms with Crippen LogP contribution in [0, 0.1) is 12.3 Å². The molecule has 20 heavy (non-hydrogen) atoms. The van der Waals surface area contributed by atoms with Crippen molar-refractivity contribution in [1.29, 1.82) is 0 Å². The maximum absolute atomic E-state index is 11.3. The van der Waals surface area contributed by atoms with Crippen molar-refractivity contribution in [2.75, 3.05) is 11.9 Å². The highest BCUT2D eigenvalue weighted by molar-refractivity contribution is 5.95. The van der Waals surface area contributed by atoms with Crippen molar-refractivity contribution in [2.24, 2.45) is 0 Å². The minimum absolute atomic E-state index is 0.0665. The number of rotatable bonds is 5. The minimum Gasteiger partial charge on any atom is -0.482 e. The number of hydrogen-bond donors (Lipinski definition) is 2. The zero-order valence-electron chi connectivity index (χ0n) is 11.9. The quantitative estimate of drug-likeness (QED) is 0.810. The minimum atomic E-state index is -0.122. The normalized spacial score (nSPS) is 16.4. The highest BCUT2D eigenvalue weighted by Gasteiger charge is 2.18. The molecule has 0 aromatic heterocycles. The second-order valence-electron chi connectivity index (χ2n) is 4.99. The average Bonchev–Trinajstić information content (AvgIpc) is 2.45. The van der Waals surface area contributed by atoms with E-state index >= 15 is 0 Å². The molecule has 0 saturated carbocycles. The maximum Gasteiger partial charge on any atom is 0.262 e. The van der Waals surface area contributed by atoms with Crippen LogP contribution in [0.2, 0.25) is 0 Å². The molecule has 1 amide bonds. The van der Waals surface area contributed by atoms with Crippen molar-refractivity contribution < 1.29 is 9.53 Å². The van der Waals surface area contributed by atoms with Gasteiger partial charge in [-0.15, -0.1) is 6.42 Å². The lowest BCUT2D eigenvalue weighted by Crippen LogP contribution is -2.30. The number of carbonyl (C=O) groups excluding carboxylic acids is 1. The summed E-state index contributed by atoms with van der Waals surface area (Å²) in [6.07, 6.45) is 7.52. The molecule has 0 radical (unpaired) electrons. The summed E-state index contributed by atoms with van der Waals surface area (Å²) < 4.78 is 5.35. The molecule has 1 aromatic carbocycles. The molecule has 106 valence electrons. The van der Waals surface area contributed by atoms with Crippen molar-refractivity contribution in [3.63, 3.8) is 0 Å². The maximum atomic E-state index is 11.3. The van der Waals surface area contributed by atoms with Crippen LogP contribution in [0.1, 0.15) is 38.3 Å². The SMILES string of the molecule is C#CC(CCC)NC(C)c1ccc2c(c1)NC(=O)CO2. The number of benzene rings is 1. The molecule has 2 N–H and O–H groups in total. The Morgan fingerprint density at radius 2 is 2.35 bits per heavy atom. The molecule has 4 heteroatoms. The van der Waals surface area contributed by atoms with Crippen LogP contribution in [0.25, 0.3) is 0 Å². The highest BCUT2D eigenvalue weighted by atomic mass is 16.5. The number of ether oxygens (including phenoxy) is 1. The van der Waals surface area contributed by atoms with Gasteiger partial charge in [0.05, 0.1) is 11.7 Å². The van der Waals surface area contributed by atoms with E-state index in [1.54, 1.807) is 0 Å². The number of fused-ring (bicyclic) bond motifs is 1. The molecule has 2 rings (SSSR count). The Labute approximate surface area is 119 Å². The Morgan fingerprint density at radius 1 is 1.55 bits per heavy atom. The van der Waals surface area contributed by atoms with Gasteiger partial charge in [-0.25, -0.2) is 0 Å². The molecule has 0 bridgehead atoms. The molecule has 1 heterocycles. The Hall–Kier alpha value is -1.99. The summed E-state index contributed by atoms with van der Waals surface area (Å²) in [6.45, 7) is 4.26. The predicted molar refractivity (Wildman–Crippen MR) is 79.6 cm³/mol. The predicted octanol–water partition coefficient (Wildman–Crippen LogP) is 2.47. The lowest BCUT2D eigenvalue weighted by molar-refractivity contribution is -0.118. The number of hydrogen-bond acceptors (Lipinski definition) is 3. The van der Waals surface area contributed by atoms with Crippen molar-refractivity contribution >= 4 is 11.6 Å².